The number of ketones is 1. The Morgan fingerprint density at radius 3 is 1.93 bits per heavy atom. The molecular formula is C33H25N3O8. The third kappa shape index (κ3) is 4.48. The van der Waals surface area contributed by atoms with Gasteiger partial charge in [-0.15, -0.1) is 0 Å². The van der Waals surface area contributed by atoms with Crippen LogP contribution in [0.25, 0.3) is 0 Å². The van der Waals surface area contributed by atoms with Crippen LogP contribution in [0.1, 0.15) is 37.5 Å². The molecule has 11 heteroatoms. The number of nitrogens with zero attached hydrogens (tertiary/aromatic N) is 3. The highest BCUT2D eigenvalue weighted by atomic mass is 16.6. The first-order chi connectivity index (χ1) is 21.2. The maximum absolute atomic E-state index is 13.8. The first-order valence-electron chi connectivity index (χ1n) is 14.3. The number of hydrazine groups is 1. The summed E-state index contributed by atoms with van der Waals surface area (Å²) >= 11 is 0. The smallest absolute Gasteiger partial charge is 0.343 e. The number of rotatable bonds is 8. The van der Waals surface area contributed by atoms with Crippen LogP contribution in [0.3, 0.4) is 0 Å². The maximum Gasteiger partial charge on any atom is 0.343 e. The Labute approximate surface area is 250 Å². The van der Waals surface area contributed by atoms with E-state index in [0.717, 1.165) is 28.6 Å². The molecule has 2 saturated carbocycles. The summed E-state index contributed by atoms with van der Waals surface area (Å²) in [5.74, 6) is -3.47. The molecule has 3 amide bonds. The van der Waals surface area contributed by atoms with E-state index in [4.69, 9.17) is 4.74 Å². The highest BCUT2D eigenvalue weighted by Gasteiger charge is 2.68. The zero-order valence-corrected chi connectivity index (χ0v) is 23.1. The predicted octanol–water partition coefficient (Wildman–Crippen LogP) is 4.11. The Hall–Kier alpha value is -5.45. The average molecular weight is 592 g/mol. The van der Waals surface area contributed by atoms with Gasteiger partial charge >= 0.3 is 5.97 Å². The number of imide groups is 1. The summed E-state index contributed by atoms with van der Waals surface area (Å²) in [5, 5.41) is 12.8. The van der Waals surface area contributed by atoms with E-state index in [9.17, 15) is 34.1 Å². The molecule has 6 atom stereocenters. The Morgan fingerprint density at radius 2 is 1.36 bits per heavy atom. The highest BCUT2D eigenvalue weighted by molar-refractivity contribution is 6.10. The van der Waals surface area contributed by atoms with E-state index in [-0.39, 0.29) is 34.4 Å². The van der Waals surface area contributed by atoms with Gasteiger partial charge in [-0.3, -0.25) is 29.3 Å². The number of Topliss-reactive ketones (excluding diaryl/α,β-unsaturated/α-hetero) is 1. The lowest BCUT2D eigenvalue weighted by molar-refractivity contribution is -0.384. The van der Waals surface area contributed by atoms with E-state index in [1.54, 1.807) is 30.3 Å². The van der Waals surface area contributed by atoms with E-state index < -0.39 is 52.8 Å². The minimum absolute atomic E-state index is 0.0222. The molecule has 5 aliphatic rings. The molecule has 3 aromatic rings. The van der Waals surface area contributed by atoms with Crippen molar-refractivity contribution in [3.05, 3.63) is 118 Å². The number of nitro groups is 1. The van der Waals surface area contributed by atoms with Crippen LogP contribution in [-0.2, 0) is 9.59 Å². The quantitative estimate of drug-likeness (QED) is 0.0724. The average Bonchev–Trinajstić information content (AvgIpc) is 3.83. The molecule has 0 aromatic heterocycles. The number of esters is 1. The molecule has 1 heterocycles. The molecule has 44 heavy (non-hydrogen) atoms. The van der Waals surface area contributed by atoms with Gasteiger partial charge in [0, 0.05) is 23.3 Å². The molecule has 2 bridgehead atoms. The first-order valence-corrected chi connectivity index (χ1v) is 14.3. The van der Waals surface area contributed by atoms with Crippen LogP contribution in [0.2, 0.25) is 0 Å². The lowest BCUT2D eigenvalue weighted by Gasteiger charge is -2.37. The van der Waals surface area contributed by atoms with Gasteiger partial charge in [0.05, 0.1) is 22.3 Å². The Morgan fingerprint density at radius 1 is 0.795 bits per heavy atom. The minimum atomic E-state index is -0.813. The molecule has 1 saturated heterocycles. The van der Waals surface area contributed by atoms with Crippen LogP contribution in [0.4, 0.5) is 5.69 Å². The second-order valence-electron chi connectivity index (χ2n) is 11.5. The number of ether oxygens (including phenoxy) is 1. The van der Waals surface area contributed by atoms with Crippen molar-refractivity contribution in [2.75, 3.05) is 6.54 Å². The van der Waals surface area contributed by atoms with Crippen LogP contribution < -0.4 is 4.74 Å². The number of nitro benzene ring substituents is 1. The molecule has 3 aromatic carbocycles. The largest absolute Gasteiger partial charge is 0.423 e. The number of carbonyl (C=O) groups excluding carboxylic acids is 5. The molecular weight excluding hydrogens is 566 g/mol. The van der Waals surface area contributed by atoms with Gasteiger partial charge in [0.15, 0.2) is 5.78 Å². The fourth-order valence-corrected chi connectivity index (χ4v) is 6.96. The highest BCUT2D eigenvalue weighted by Crippen LogP contribution is 2.65. The molecule has 220 valence electrons. The van der Waals surface area contributed by atoms with Gasteiger partial charge in [-0.1, -0.05) is 30.4 Å². The summed E-state index contributed by atoms with van der Waals surface area (Å²) in [6.07, 6.45) is 4.99. The normalized spacial score (nSPS) is 25.7. The van der Waals surface area contributed by atoms with Gasteiger partial charge in [0.2, 0.25) is 0 Å². The number of non-ortho nitro benzene ring substituents is 1. The molecule has 0 N–H and O–H groups in total. The van der Waals surface area contributed by atoms with Gasteiger partial charge in [-0.25, -0.2) is 9.80 Å². The first kappa shape index (κ1) is 27.4. The van der Waals surface area contributed by atoms with Gasteiger partial charge in [-0.05, 0) is 78.6 Å². The van der Waals surface area contributed by atoms with Crippen molar-refractivity contribution in [2.45, 2.75) is 6.42 Å². The molecule has 0 radical (unpaired) electrons. The molecule has 4 aliphatic carbocycles. The zero-order chi connectivity index (χ0) is 30.7. The van der Waals surface area contributed by atoms with Crippen molar-refractivity contribution in [1.82, 2.24) is 10.0 Å². The van der Waals surface area contributed by atoms with Crippen molar-refractivity contribution in [1.29, 1.82) is 0 Å². The van der Waals surface area contributed by atoms with Crippen LogP contribution in [0, 0.1) is 45.6 Å². The van der Waals surface area contributed by atoms with E-state index >= 15 is 0 Å². The minimum Gasteiger partial charge on any atom is -0.423 e. The molecule has 0 spiro atoms. The Bertz CT molecular complexity index is 1720. The van der Waals surface area contributed by atoms with Crippen LogP contribution in [-0.4, -0.2) is 51.0 Å². The lowest BCUT2D eigenvalue weighted by Crippen LogP contribution is -2.52. The second kappa shape index (κ2) is 10.4. The summed E-state index contributed by atoms with van der Waals surface area (Å²) < 4.78 is 5.37. The molecule has 11 nitrogen and oxygen atoms in total. The SMILES string of the molecule is O=C(CN(C(=O)c1ccc([N+](=O)[O-])cc1)N1C(=O)[C@@H]2[C@H]3C=C[C@@H]([C@@H]4C[C@@H]34)[C@H]2C1=O)c1ccc(OC(=O)c2ccccc2)cc1. The number of amides is 3. The van der Waals surface area contributed by atoms with Crippen LogP contribution >= 0.6 is 0 Å². The molecule has 3 fully saturated rings. The predicted molar refractivity (Wildman–Crippen MR) is 153 cm³/mol. The number of hydrogen-bond donors (Lipinski definition) is 0. The summed E-state index contributed by atoms with van der Waals surface area (Å²) in [5.41, 5.74) is 0.254. The van der Waals surface area contributed by atoms with E-state index in [1.165, 1.54) is 36.4 Å². The Kier molecular flexibility index (Phi) is 6.45. The molecule has 8 rings (SSSR count). The summed E-state index contributed by atoms with van der Waals surface area (Å²) in [7, 11) is 0. The third-order valence-corrected chi connectivity index (χ3v) is 9.13. The number of carbonyl (C=O) groups is 5. The van der Waals surface area contributed by atoms with Crippen LogP contribution in [0.15, 0.2) is 91.0 Å². The lowest BCUT2D eigenvalue weighted by atomic mass is 9.63. The van der Waals surface area contributed by atoms with Gasteiger partial charge in [-0.2, -0.15) is 5.01 Å². The van der Waals surface area contributed by atoms with Crippen molar-refractivity contribution in [3.63, 3.8) is 0 Å². The second-order valence-corrected chi connectivity index (χ2v) is 11.5. The van der Waals surface area contributed by atoms with E-state index in [2.05, 4.69) is 0 Å². The van der Waals surface area contributed by atoms with Gasteiger partial charge in [0.1, 0.15) is 12.3 Å². The molecule has 0 unspecified atom stereocenters. The van der Waals surface area contributed by atoms with Crippen LogP contribution in [0.5, 0.6) is 5.75 Å². The number of benzene rings is 3. The fourth-order valence-electron chi connectivity index (χ4n) is 6.96. The van der Waals surface area contributed by atoms with Gasteiger partial charge in [0.25, 0.3) is 23.4 Å². The van der Waals surface area contributed by atoms with Crippen molar-refractivity contribution >= 4 is 35.2 Å². The van der Waals surface area contributed by atoms with E-state index in [0.29, 0.717) is 17.4 Å². The Balaban J connectivity index is 1.15. The van der Waals surface area contributed by atoms with Crippen molar-refractivity contribution in [2.24, 2.45) is 35.5 Å². The topological polar surface area (TPSA) is 144 Å². The summed E-state index contributed by atoms with van der Waals surface area (Å²) in [4.78, 5) is 77.9. The summed E-state index contributed by atoms with van der Waals surface area (Å²) in [6.45, 7) is -0.633. The summed E-state index contributed by atoms with van der Waals surface area (Å²) in [6, 6.07) is 18.9. The van der Waals surface area contributed by atoms with Crippen molar-refractivity contribution < 1.29 is 33.6 Å². The van der Waals surface area contributed by atoms with Gasteiger partial charge < -0.3 is 4.74 Å². The maximum atomic E-state index is 13.8. The standard InChI is InChI=1S/C33H25N3O8/c37-27(18-8-12-22(13-9-18)44-33(41)20-4-2-1-3-5-20)17-34(30(38)19-6-10-21(11-7-19)36(42)43)35-31(39)28-23-14-15-24(26-16-25(23)26)29(28)32(35)40/h1-15,23-26,28-29H,16-17H2/t23-,24-,25-,26-,28+,29+/m0/s1. The van der Waals surface area contributed by atoms with E-state index in [1.807, 2.05) is 12.2 Å². The fraction of sp³-hybridized carbons (Fsp3) is 0.242. The zero-order valence-electron chi connectivity index (χ0n) is 23.1. The monoisotopic (exact) mass is 591 g/mol. The number of hydrogen-bond acceptors (Lipinski definition) is 8. The molecule has 1 aliphatic heterocycles. The number of allylic oxidation sites excluding steroid dienone is 2. The van der Waals surface area contributed by atoms with Crippen molar-refractivity contribution in [3.8, 4) is 5.75 Å². The third-order valence-electron chi connectivity index (χ3n) is 9.13.